The van der Waals surface area contributed by atoms with Crippen LogP contribution >= 0.6 is 23.5 Å². The van der Waals surface area contributed by atoms with Gasteiger partial charge in [0, 0.05) is 82.1 Å². The summed E-state index contributed by atoms with van der Waals surface area (Å²) in [5, 5.41) is 21.4. The molecule has 10 heteroatoms. The normalized spacial score (nSPS) is 15.2. The van der Waals surface area contributed by atoms with Crippen molar-refractivity contribution in [1.82, 2.24) is 9.13 Å². The van der Waals surface area contributed by atoms with Crippen molar-refractivity contribution in [3.05, 3.63) is 44.0 Å². The number of hydrogen-bond acceptors (Lipinski definition) is 8. The van der Waals surface area contributed by atoms with Gasteiger partial charge in [-0.05, 0) is 59.8 Å². The van der Waals surface area contributed by atoms with Crippen molar-refractivity contribution in [2.24, 2.45) is 0 Å². The standard InChI is InChI=1S/C27H38N2O6S2/c1-26(2,28-22(30)16-20-18(24(28)32)6-14-36-20)8-12-34-10-5-11-35-13-9-27(3,4)29-23(31)17-21-19(25(29)33)7-15-37-21/h16-17,32-33H,5-15H2,1-4H3. The largest absolute Gasteiger partial charge is 0.494 e. The predicted molar refractivity (Wildman–Crippen MR) is 148 cm³/mol. The van der Waals surface area contributed by atoms with E-state index in [4.69, 9.17) is 9.47 Å². The number of thioether (sulfide) groups is 2. The third-order valence-electron chi connectivity index (χ3n) is 7.23. The Hall–Kier alpha value is -1.88. The van der Waals surface area contributed by atoms with E-state index in [1.807, 2.05) is 27.7 Å². The van der Waals surface area contributed by atoms with E-state index in [0.717, 1.165) is 51.7 Å². The average Bonchev–Trinajstić information content (AvgIpc) is 3.47. The number of ether oxygens (including phenoxy) is 2. The molecule has 8 nitrogen and oxygen atoms in total. The second-order valence-corrected chi connectivity index (χ2v) is 13.1. The van der Waals surface area contributed by atoms with Crippen LogP contribution in [0.15, 0.2) is 31.5 Å². The lowest BCUT2D eigenvalue weighted by atomic mass is 9.99. The van der Waals surface area contributed by atoms with Gasteiger partial charge in [0.2, 0.25) is 0 Å². The number of aromatic nitrogens is 2. The molecule has 0 saturated carbocycles. The SMILES string of the molecule is CC(C)(CCOCCCOCCC(C)(C)n1c(O)c2c(cc1=O)SCC2)n1c(O)c2c(cc1=O)SCC2. The molecule has 0 radical (unpaired) electrons. The van der Waals surface area contributed by atoms with Crippen molar-refractivity contribution in [2.75, 3.05) is 37.9 Å². The smallest absolute Gasteiger partial charge is 0.254 e. The van der Waals surface area contributed by atoms with Gasteiger partial charge in [0.25, 0.3) is 11.1 Å². The Labute approximate surface area is 226 Å². The van der Waals surface area contributed by atoms with E-state index >= 15 is 0 Å². The van der Waals surface area contributed by atoms with Crippen LogP contribution in [-0.2, 0) is 33.4 Å². The van der Waals surface area contributed by atoms with Crippen LogP contribution in [0.25, 0.3) is 0 Å². The van der Waals surface area contributed by atoms with Crippen molar-refractivity contribution in [2.45, 2.75) is 80.7 Å². The Kier molecular flexibility index (Phi) is 8.72. The topological polar surface area (TPSA) is 103 Å². The molecule has 0 aliphatic carbocycles. The van der Waals surface area contributed by atoms with Gasteiger partial charge in [-0.2, -0.15) is 0 Å². The van der Waals surface area contributed by atoms with Crippen molar-refractivity contribution < 1.29 is 19.7 Å². The molecule has 37 heavy (non-hydrogen) atoms. The zero-order chi connectivity index (χ0) is 26.8. The van der Waals surface area contributed by atoms with Gasteiger partial charge in [-0.1, -0.05) is 0 Å². The van der Waals surface area contributed by atoms with Gasteiger partial charge < -0.3 is 19.7 Å². The second-order valence-electron chi connectivity index (χ2n) is 10.9. The van der Waals surface area contributed by atoms with E-state index in [1.165, 1.54) is 9.13 Å². The summed E-state index contributed by atoms with van der Waals surface area (Å²) in [6, 6.07) is 3.27. The fraction of sp³-hybridized carbons (Fsp3) is 0.630. The second kappa shape index (κ2) is 11.5. The molecule has 4 heterocycles. The third kappa shape index (κ3) is 6.08. The molecule has 0 unspecified atom stereocenters. The van der Waals surface area contributed by atoms with Gasteiger partial charge in [0.05, 0.1) is 0 Å². The van der Waals surface area contributed by atoms with Crippen molar-refractivity contribution in [1.29, 1.82) is 0 Å². The molecule has 2 N–H and O–H groups in total. The first-order chi connectivity index (χ1) is 17.5. The van der Waals surface area contributed by atoms with Crippen LogP contribution in [0, 0.1) is 0 Å². The molecule has 2 aliphatic rings. The summed E-state index contributed by atoms with van der Waals surface area (Å²) in [5.74, 6) is 1.96. The number of rotatable bonds is 12. The first kappa shape index (κ1) is 28.1. The minimum atomic E-state index is -0.564. The Bertz CT molecular complexity index is 1160. The predicted octanol–water partition coefficient (Wildman–Crippen LogP) is 4.09. The van der Waals surface area contributed by atoms with Crippen LogP contribution in [0.1, 0.15) is 58.1 Å². The van der Waals surface area contributed by atoms with Crippen molar-refractivity contribution in [3.8, 4) is 11.8 Å². The zero-order valence-corrected chi connectivity index (χ0v) is 23.8. The van der Waals surface area contributed by atoms with E-state index in [2.05, 4.69) is 0 Å². The highest BCUT2D eigenvalue weighted by Crippen LogP contribution is 2.38. The summed E-state index contributed by atoms with van der Waals surface area (Å²) in [5.41, 5.74) is 0.252. The first-order valence-corrected chi connectivity index (χ1v) is 14.9. The highest BCUT2D eigenvalue weighted by Gasteiger charge is 2.30. The van der Waals surface area contributed by atoms with Gasteiger partial charge >= 0.3 is 0 Å². The molecule has 2 aliphatic heterocycles. The lowest BCUT2D eigenvalue weighted by Crippen LogP contribution is -2.37. The van der Waals surface area contributed by atoms with Crippen molar-refractivity contribution >= 4 is 23.5 Å². The molecule has 4 rings (SSSR count). The minimum absolute atomic E-state index is 0.0863. The molecular weight excluding hydrogens is 512 g/mol. The highest BCUT2D eigenvalue weighted by atomic mass is 32.2. The third-order valence-corrected chi connectivity index (χ3v) is 9.40. The summed E-state index contributed by atoms with van der Waals surface area (Å²) < 4.78 is 14.6. The quantitative estimate of drug-likeness (QED) is 0.381. The number of hydrogen-bond donors (Lipinski definition) is 2. The van der Waals surface area contributed by atoms with Crippen LogP contribution in [0.5, 0.6) is 11.8 Å². The molecule has 0 fully saturated rings. The van der Waals surface area contributed by atoms with Crippen LogP contribution in [0.4, 0.5) is 0 Å². The summed E-state index contributed by atoms with van der Waals surface area (Å²) in [6.07, 6.45) is 3.47. The molecule has 204 valence electrons. The number of fused-ring (bicyclic) bond motifs is 2. The summed E-state index contributed by atoms with van der Waals surface area (Å²) in [4.78, 5) is 27.0. The molecule has 2 aromatic rings. The maximum absolute atomic E-state index is 12.6. The molecule has 2 aromatic heterocycles. The minimum Gasteiger partial charge on any atom is -0.494 e. The Morgan fingerprint density at radius 2 is 1.16 bits per heavy atom. The van der Waals surface area contributed by atoms with E-state index in [9.17, 15) is 19.8 Å². The molecule has 0 amide bonds. The molecule has 0 saturated heterocycles. The molecule has 0 aromatic carbocycles. The van der Waals surface area contributed by atoms with Crippen LogP contribution in [0.2, 0.25) is 0 Å². The lowest BCUT2D eigenvalue weighted by molar-refractivity contribution is 0.0606. The van der Waals surface area contributed by atoms with E-state index in [1.54, 1.807) is 35.7 Å². The highest BCUT2D eigenvalue weighted by molar-refractivity contribution is 7.99. The maximum Gasteiger partial charge on any atom is 0.254 e. The van der Waals surface area contributed by atoms with Crippen molar-refractivity contribution in [3.63, 3.8) is 0 Å². The van der Waals surface area contributed by atoms with Crippen LogP contribution < -0.4 is 11.1 Å². The zero-order valence-electron chi connectivity index (χ0n) is 22.2. The molecular formula is C27H38N2O6S2. The van der Waals surface area contributed by atoms with Gasteiger partial charge in [0.15, 0.2) is 11.8 Å². The summed E-state index contributed by atoms with van der Waals surface area (Å²) >= 11 is 3.23. The summed E-state index contributed by atoms with van der Waals surface area (Å²) in [6.45, 7) is 9.78. The van der Waals surface area contributed by atoms with E-state index in [0.29, 0.717) is 39.3 Å². The fourth-order valence-electron chi connectivity index (χ4n) is 4.98. The molecule has 0 atom stereocenters. The Morgan fingerprint density at radius 1 is 0.757 bits per heavy atom. The van der Waals surface area contributed by atoms with Gasteiger partial charge in [-0.3, -0.25) is 18.7 Å². The maximum atomic E-state index is 12.6. The van der Waals surface area contributed by atoms with Crippen LogP contribution in [0.3, 0.4) is 0 Å². The van der Waals surface area contributed by atoms with Gasteiger partial charge in [-0.15, -0.1) is 23.5 Å². The monoisotopic (exact) mass is 550 g/mol. The Balaban J connectivity index is 1.17. The Morgan fingerprint density at radius 3 is 1.57 bits per heavy atom. The van der Waals surface area contributed by atoms with Gasteiger partial charge in [-0.25, -0.2) is 0 Å². The number of pyridine rings is 2. The van der Waals surface area contributed by atoms with E-state index in [-0.39, 0.29) is 22.9 Å². The first-order valence-electron chi connectivity index (χ1n) is 12.9. The number of nitrogens with zero attached hydrogens (tertiary/aromatic N) is 2. The number of aromatic hydroxyl groups is 2. The lowest BCUT2D eigenvalue weighted by Gasteiger charge is -2.29. The van der Waals surface area contributed by atoms with Gasteiger partial charge in [0.1, 0.15) is 0 Å². The molecule has 0 spiro atoms. The summed E-state index contributed by atoms with van der Waals surface area (Å²) in [7, 11) is 0. The fourth-order valence-corrected chi connectivity index (χ4v) is 7.14. The van der Waals surface area contributed by atoms with Crippen LogP contribution in [-0.4, -0.2) is 57.3 Å². The molecule has 0 bridgehead atoms. The van der Waals surface area contributed by atoms with E-state index < -0.39 is 11.1 Å². The average molecular weight is 551 g/mol.